The summed E-state index contributed by atoms with van der Waals surface area (Å²) in [6, 6.07) is -4.38. The summed E-state index contributed by atoms with van der Waals surface area (Å²) < 4.78 is 0. The molecule has 0 aromatic heterocycles. The Morgan fingerprint density at radius 1 is 0.857 bits per heavy atom. The Morgan fingerprint density at radius 2 is 1.43 bits per heavy atom. The highest BCUT2D eigenvalue weighted by molar-refractivity contribution is 5.95. The van der Waals surface area contributed by atoms with Gasteiger partial charge >= 0.3 is 11.9 Å². The number of aliphatic hydroxyl groups is 1. The number of amides is 4. The summed E-state index contributed by atoms with van der Waals surface area (Å²) in [4.78, 5) is 68.4. The van der Waals surface area contributed by atoms with Crippen LogP contribution in [0.1, 0.15) is 19.3 Å². The van der Waals surface area contributed by atoms with Gasteiger partial charge in [-0.3, -0.25) is 28.8 Å². The van der Waals surface area contributed by atoms with E-state index in [1.165, 1.54) is 0 Å². The molecule has 0 radical (unpaired) electrons. The van der Waals surface area contributed by atoms with Crippen molar-refractivity contribution < 1.29 is 44.1 Å². The standard InChI is InChI=1S/C14H23N5O9/c15-6(5-20)12(26)18-7(1-2-10(22)23)14(28)19-8(3-9(16)21)13(27)17-4-11(24)25/h6-8,20H,1-5,15H2,(H2,16,21)(H,17,27)(H,18,26)(H,19,28)(H,22,23)(H,24,25)/t6-,7-,8-/m0/s1. The van der Waals surface area contributed by atoms with Crippen LogP contribution in [0.4, 0.5) is 0 Å². The Kier molecular flexibility index (Phi) is 10.8. The number of nitrogens with two attached hydrogens (primary N) is 2. The highest BCUT2D eigenvalue weighted by atomic mass is 16.4. The normalized spacial score (nSPS) is 13.5. The van der Waals surface area contributed by atoms with Crippen LogP contribution in [0.15, 0.2) is 0 Å². The number of aliphatic hydroxyl groups excluding tert-OH is 1. The summed E-state index contributed by atoms with van der Waals surface area (Å²) in [5, 5.41) is 32.4. The fraction of sp³-hybridized carbons (Fsp3) is 0.571. The smallest absolute Gasteiger partial charge is 0.322 e. The molecule has 3 atom stereocenters. The Morgan fingerprint density at radius 3 is 1.89 bits per heavy atom. The first-order valence-corrected chi connectivity index (χ1v) is 7.94. The van der Waals surface area contributed by atoms with Crippen molar-refractivity contribution in [2.75, 3.05) is 13.2 Å². The van der Waals surface area contributed by atoms with Crippen LogP contribution in [0.25, 0.3) is 0 Å². The van der Waals surface area contributed by atoms with Gasteiger partial charge in [0.1, 0.15) is 24.7 Å². The van der Waals surface area contributed by atoms with Gasteiger partial charge in [0.05, 0.1) is 13.0 Å². The zero-order valence-corrected chi connectivity index (χ0v) is 14.7. The van der Waals surface area contributed by atoms with E-state index in [0.717, 1.165) is 0 Å². The van der Waals surface area contributed by atoms with Gasteiger partial charge in [-0.25, -0.2) is 0 Å². The fourth-order valence-corrected chi connectivity index (χ4v) is 1.87. The van der Waals surface area contributed by atoms with Crippen molar-refractivity contribution in [3.8, 4) is 0 Å². The molecule has 0 bridgehead atoms. The lowest BCUT2D eigenvalue weighted by Gasteiger charge is -2.23. The fourth-order valence-electron chi connectivity index (χ4n) is 1.87. The van der Waals surface area contributed by atoms with E-state index in [4.69, 9.17) is 26.8 Å². The van der Waals surface area contributed by atoms with Crippen LogP contribution in [0, 0.1) is 0 Å². The largest absolute Gasteiger partial charge is 0.481 e. The molecule has 0 heterocycles. The van der Waals surface area contributed by atoms with Crippen LogP contribution >= 0.6 is 0 Å². The zero-order chi connectivity index (χ0) is 21.9. The SMILES string of the molecule is NC(=O)C[C@H](NC(=O)[C@H](CCC(=O)O)NC(=O)[C@@H](N)CO)C(=O)NCC(=O)O. The Labute approximate surface area is 158 Å². The first-order valence-electron chi connectivity index (χ1n) is 7.94. The Bertz CT molecular complexity index is 624. The molecule has 4 amide bonds. The summed E-state index contributed by atoms with van der Waals surface area (Å²) in [6.45, 7) is -1.52. The molecule has 14 nitrogen and oxygen atoms in total. The van der Waals surface area contributed by atoms with Crippen LogP contribution in [0.3, 0.4) is 0 Å². The molecule has 14 heteroatoms. The minimum Gasteiger partial charge on any atom is -0.481 e. The lowest BCUT2D eigenvalue weighted by Crippen LogP contribution is -2.57. The molecule has 0 rings (SSSR count). The number of aliphatic carboxylic acids is 2. The highest BCUT2D eigenvalue weighted by Gasteiger charge is 2.29. The van der Waals surface area contributed by atoms with Crippen molar-refractivity contribution in [1.82, 2.24) is 16.0 Å². The molecule has 158 valence electrons. The van der Waals surface area contributed by atoms with Crippen molar-refractivity contribution in [3.63, 3.8) is 0 Å². The number of primary amides is 1. The predicted octanol–water partition coefficient (Wildman–Crippen LogP) is -4.78. The van der Waals surface area contributed by atoms with Crippen molar-refractivity contribution in [1.29, 1.82) is 0 Å². The number of hydrogen-bond acceptors (Lipinski definition) is 8. The third kappa shape index (κ3) is 10.0. The van der Waals surface area contributed by atoms with Crippen LogP contribution in [0.2, 0.25) is 0 Å². The monoisotopic (exact) mass is 405 g/mol. The predicted molar refractivity (Wildman–Crippen MR) is 90.2 cm³/mol. The summed E-state index contributed by atoms with van der Waals surface area (Å²) >= 11 is 0. The number of carboxylic acids is 2. The van der Waals surface area contributed by atoms with Gasteiger partial charge in [0, 0.05) is 6.42 Å². The first kappa shape index (κ1) is 24.7. The topological polar surface area (TPSA) is 251 Å². The maximum Gasteiger partial charge on any atom is 0.322 e. The van der Waals surface area contributed by atoms with Gasteiger partial charge in [-0.2, -0.15) is 0 Å². The summed E-state index contributed by atoms with van der Waals surface area (Å²) in [6.07, 6.45) is -1.59. The molecule has 0 aliphatic carbocycles. The number of hydrogen-bond donors (Lipinski definition) is 8. The van der Waals surface area contributed by atoms with Gasteiger partial charge in [-0.15, -0.1) is 0 Å². The zero-order valence-electron chi connectivity index (χ0n) is 14.7. The molecule has 10 N–H and O–H groups in total. The summed E-state index contributed by atoms with van der Waals surface area (Å²) in [5.41, 5.74) is 10.3. The molecule has 0 saturated heterocycles. The number of rotatable bonds is 13. The molecule has 0 aliphatic heterocycles. The van der Waals surface area contributed by atoms with Gasteiger partial charge in [0.15, 0.2) is 0 Å². The van der Waals surface area contributed by atoms with Gasteiger partial charge in [0.2, 0.25) is 23.6 Å². The van der Waals surface area contributed by atoms with Crippen LogP contribution in [-0.2, 0) is 28.8 Å². The summed E-state index contributed by atoms with van der Waals surface area (Å²) in [5.74, 6) is -6.63. The average Bonchev–Trinajstić information content (AvgIpc) is 2.60. The second-order valence-electron chi connectivity index (χ2n) is 5.63. The number of carbonyl (C=O) groups is 6. The summed E-state index contributed by atoms with van der Waals surface area (Å²) in [7, 11) is 0. The second kappa shape index (κ2) is 12.2. The highest BCUT2D eigenvalue weighted by Crippen LogP contribution is 2.02. The van der Waals surface area contributed by atoms with Crippen LogP contribution in [0.5, 0.6) is 0 Å². The van der Waals surface area contributed by atoms with E-state index in [0.29, 0.717) is 0 Å². The van der Waals surface area contributed by atoms with Crippen molar-refractivity contribution in [2.45, 2.75) is 37.4 Å². The molecule has 0 aromatic carbocycles. The van der Waals surface area contributed by atoms with Crippen molar-refractivity contribution in [2.24, 2.45) is 11.5 Å². The van der Waals surface area contributed by atoms with Gasteiger partial charge < -0.3 is 42.7 Å². The minimum absolute atomic E-state index is 0.384. The number of carboxylic acid groups (broad SMARTS) is 2. The molecular weight excluding hydrogens is 382 g/mol. The van der Waals surface area contributed by atoms with Gasteiger partial charge in [0.25, 0.3) is 0 Å². The molecule has 0 aromatic rings. The third-order valence-electron chi connectivity index (χ3n) is 3.27. The lowest BCUT2D eigenvalue weighted by atomic mass is 10.1. The maximum atomic E-state index is 12.4. The van der Waals surface area contributed by atoms with Gasteiger partial charge in [-0.1, -0.05) is 0 Å². The van der Waals surface area contributed by atoms with Gasteiger partial charge in [-0.05, 0) is 6.42 Å². The molecular formula is C14H23N5O9. The molecule has 0 saturated carbocycles. The number of carbonyl (C=O) groups excluding carboxylic acids is 4. The Hall–Kier alpha value is -3.26. The molecule has 0 spiro atoms. The van der Waals surface area contributed by atoms with E-state index in [2.05, 4.69) is 10.6 Å². The van der Waals surface area contributed by atoms with E-state index < -0.39 is 79.7 Å². The third-order valence-corrected chi connectivity index (χ3v) is 3.27. The van der Waals surface area contributed by atoms with Crippen molar-refractivity contribution >= 4 is 35.6 Å². The Balaban J connectivity index is 5.26. The first-order chi connectivity index (χ1) is 13.0. The quantitative estimate of drug-likeness (QED) is 0.145. The van der Waals surface area contributed by atoms with Crippen molar-refractivity contribution in [3.05, 3.63) is 0 Å². The van der Waals surface area contributed by atoms with E-state index in [1.807, 2.05) is 5.32 Å². The minimum atomic E-state index is -1.56. The van der Waals surface area contributed by atoms with E-state index in [-0.39, 0.29) is 6.42 Å². The molecule has 0 fully saturated rings. The lowest BCUT2D eigenvalue weighted by molar-refractivity contribution is -0.139. The second-order valence-corrected chi connectivity index (χ2v) is 5.63. The van der Waals surface area contributed by atoms with E-state index >= 15 is 0 Å². The van der Waals surface area contributed by atoms with E-state index in [9.17, 15) is 28.8 Å². The number of nitrogens with one attached hydrogen (secondary N) is 3. The van der Waals surface area contributed by atoms with Crippen LogP contribution < -0.4 is 27.4 Å². The maximum absolute atomic E-state index is 12.4. The van der Waals surface area contributed by atoms with Crippen LogP contribution in [-0.4, -0.2) is 82.2 Å². The molecule has 28 heavy (non-hydrogen) atoms. The molecule has 0 aliphatic rings. The molecule has 0 unspecified atom stereocenters. The average molecular weight is 405 g/mol. The van der Waals surface area contributed by atoms with E-state index in [1.54, 1.807) is 0 Å².